The van der Waals surface area contributed by atoms with Gasteiger partial charge in [0.25, 0.3) is 0 Å². The van der Waals surface area contributed by atoms with Gasteiger partial charge < -0.3 is 31.1 Å². The molecule has 0 radical (unpaired) electrons. The van der Waals surface area contributed by atoms with Crippen molar-refractivity contribution in [3.63, 3.8) is 0 Å². The van der Waals surface area contributed by atoms with Gasteiger partial charge in [0.05, 0.1) is 23.8 Å². The van der Waals surface area contributed by atoms with Crippen molar-refractivity contribution in [2.45, 2.75) is 38.8 Å². The van der Waals surface area contributed by atoms with E-state index in [1.807, 2.05) is 4.90 Å². The zero-order valence-corrected chi connectivity index (χ0v) is 14.9. The monoisotopic (exact) mass is 350 g/mol. The summed E-state index contributed by atoms with van der Waals surface area (Å²) in [7, 11) is 0. The second-order valence-corrected chi connectivity index (χ2v) is 7.19. The van der Waals surface area contributed by atoms with Gasteiger partial charge in [-0.2, -0.15) is 0 Å². The molecule has 1 amide bonds. The van der Waals surface area contributed by atoms with Crippen molar-refractivity contribution >= 4 is 29.1 Å². The average Bonchev–Trinajstić information content (AvgIpc) is 2.45. The first kappa shape index (κ1) is 18.7. The molecule has 1 aliphatic heterocycles. The second-order valence-electron chi connectivity index (χ2n) is 7.19. The van der Waals surface area contributed by atoms with Crippen molar-refractivity contribution in [1.29, 1.82) is 0 Å². The maximum atomic E-state index is 12.3. The minimum Gasteiger partial charge on any atom is -0.481 e. The van der Waals surface area contributed by atoms with E-state index in [0.29, 0.717) is 24.5 Å². The highest BCUT2D eigenvalue weighted by Crippen LogP contribution is 2.30. The lowest BCUT2D eigenvalue weighted by Crippen LogP contribution is -2.56. The van der Waals surface area contributed by atoms with Crippen LogP contribution >= 0.6 is 0 Å². The lowest BCUT2D eigenvalue weighted by molar-refractivity contribution is -0.137. The number of carboxylic acid groups (broad SMARTS) is 1. The van der Waals surface area contributed by atoms with Gasteiger partial charge in [0.2, 0.25) is 0 Å². The van der Waals surface area contributed by atoms with Crippen molar-refractivity contribution in [3.05, 3.63) is 18.2 Å². The predicted molar refractivity (Wildman–Crippen MR) is 96.5 cm³/mol. The van der Waals surface area contributed by atoms with Crippen molar-refractivity contribution in [3.8, 4) is 0 Å². The fourth-order valence-electron chi connectivity index (χ4n) is 2.88. The van der Waals surface area contributed by atoms with Gasteiger partial charge in [-0.25, -0.2) is 4.79 Å². The van der Waals surface area contributed by atoms with E-state index in [4.69, 9.17) is 16.2 Å². The van der Waals surface area contributed by atoms with Gasteiger partial charge in [-0.05, 0) is 39.0 Å². The number of hydrogen-bond donors (Lipinski definition) is 3. The molecule has 138 valence electrons. The van der Waals surface area contributed by atoms with Crippen molar-refractivity contribution in [1.82, 2.24) is 4.90 Å². The number of carbonyl (C=O) groups excluding carboxylic acids is 1. The molecule has 2 rings (SSSR count). The fourth-order valence-corrected chi connectivity index (χ4v) is 2.88. The van der Waals surface area contributed by atoms with Crippen LogP contribution in [0.1, 0.15) is 27.2 Å². The maximum absolute atomic E-state index is 12.3. The quantitative estimate of drug-likeness (QED) is 0.710. The number of ether oxygens (including phenoxy) is 1. The van der Waals surface area contributed by atoms with Crippen LogP contribution in [0.3, 0.4) is 0 Å². The normalized spacial score (nSPS) is 18.1. The van der Waals surface area contributed by atoms with Crippen LogP contribution in [-0.2, 0) is 9.53 Å². The largest absolute Gasteiger partial charge is 0.481 e. The second kappa shape index (κ2) is 7.08. The summed E-state index contributed by atoms with van der Waals surface area (Å²) in [5.74, 6) is -0.935. The number of nitrogens with zero attached hydrogens (tertiary/aromatic N) is 2. The fraction of sp³-hybridized carbons (Fsp3) is 0.529. The molecule has 8 nitrogen and oxygen atoms in total. The number of aliphatic carboxylic acids is 1. The first-order valence-electron chi connectivity index (χ1n) is 8.18. The topological polar surface area (TPSA) is 122 Å². The Balaban J connectivity index is 2.20. The van der Waals surface area contributed by atoms with Gasteiger partial charge in [0.15, 0.2) is 0 Å². The van der Waals surface area contributed by atoms with Crippen LogP contribution in [0.2, 0.25) is 0 Å². The highest BCUT2D eigenvalue weighted by molar-refractivity contribution is 5.75. The molecule has 25 heavy (non-hydrogen) atoms. The molecule has 1 unspecified atom stereocenters. The van der Waals surface area contributed by atoms with Crippen LogP contribution < -0.4 is 16.4 Å². The molecule has 1 aromatic rings. The third-order valence-corrected chi connectivity index (χ3v) is 3.91. The minimum atomic E-state index is -0.935. The third-order valence-electron chi connectivity index (χ3n) is 3.91. The van der Waals surface area contributed by atoms with E-state index in [0.717, 1.165) is 5.69 Å². The molecule has 1 heterocycles. The Morgan fingerprint density at radius 2 is 1.96 bits per heavy atom. The molecule has 0 aromatic heterocycles. The molecule has 0 bridgehead atoms. The molecule has 0 spiro atoms. The molecule has 0 saturated carbocycles. The molecule has 8 heteroatoms. The van der Waals surface area contributed by atoms with E-state index in [1.165, 1.54) is 0 Å². The van der Waals surface area contributed by atoms with Gasteiger partial charge in [0, 0.05) is 25.3 Å². The number of carboxylic acids is 1. The highest BCUT2D eigenvalue weighted by atomic mass is 16.6. The minimum absolute atomic E-state index is 0.108. The molecule has 1 atom stereocenters. The standard InChI is InChI=1S/C17H26N4O4/c1-17(2,3)25-16(24)20-6-7-21(12(10-20)9-15(22)23)14-5-4-11(18)8-13(14)19/h4-5,8,12H,6-7,9-10,18-19H2,1-3H3,(H,22,23). The summed E-state index contributed by atoms with van der Waals surface area (Å²) in [5.41, 5.74) is 12.9. The summed E-state index contributed by atoms with van der Waals surface area (Å²) in [5, 5.41) is 9.24. The summed E-state index contributed by atoms with van der Waals surface area (Å²) in [6.07, 6.45) is -0.545. The Labute approximate surface area is 147 Å². The number of hydrogen-bond acceptors (Lipinski definition) is 6. The number of rotatable bonds is 3. The maximum Gasteiger partial charge on any atom is 0.410 e. The van der Waals surface area contributed by atoms with Crippen molar-refractivity contribution in [2.75, 3.05) is 36.0 Å². The Bertz CT molecular complexity index is 657. The van der Waals surface area contributed by atoms with Crippen LogP contribution in [0.25, 0.3) is 0 Å². The van der Waals surface area contributed by atoms with Gasteiger partial charge in [-0.3, -0.25) is 4.79 Å². The van der Waals surface area contributed by atoms with Crippen LogP contribution in [-0.4, -0.2) is 53.3 Å². The Kier molecular flexibility index (Phi) is 5.30. The van der Waals surface area contributed by atoms with E-state index >= 15 is 0 Å². The number of carbonyl (C=O) groups is 2. The molecule has 1 saturated heterocycles. The van der Waals surface area contributed by atoms with E-state index in [1.54, 1.807) is 43.9 Å². The number of nitrogen functional groups attached to an aromatic ring is 2. The molecular formula is C17H26N4O4. The van der Waals surface area contributed by atoms with Gasteiger partial charge in [-0.1, -0.05) is 0 Å². The third kappa shape index (κ3) is 4.91. The Morgan fingerprint density at radius 3 is 2.52 bits per heavy atom. The van der Waals surface area contributed by atoms with Crippen LogP contribution in [0.15, 0.2) is 18.2 Å². The molecule has 0 aliphatic carbocycles. The van der Waals surface area contributed by atoms with Gasteiger partial charge in [0.1, 0.15) is 5.60 Å². The number of amides is 1. The number of anilines is 3. The number of benzene rings is 1. The average molecular weight is 350 g/mol. The first-order valence-corrected chi connectivity index (χ1v) is 8.18. The summed E-state index contributed by atoms with van der Waals surface area (Å²) in [4.78, 5) is 27.0. The summed E-state index contributed by atoms with van der Waals surface area (Å²) >= 11 is 0. The molecule has 5 N–H and O–H groups in total. The molecule has 1 aliphatic rings. The van der Waals surface area contributed by atoms with Gasteiger partial charge >= 0.3 is 12.1 Å². The zero-order valence-electron chi connectivity index (χ0n) is 14.9. The van der Waals surface area contributed by atoms with Crippen LogP contribution in [0, 0.1) is 0 Å². The van der Waals surface area contributed by atoms with Crippen molar-refractivity contribution in [2.24, 2.45) is 0 Å². The Morgan fingerprint density at radius 1 is 1.28 bits per heavy atom. The summed E-state index contributed by atoms with van der Waals surface area (Å²) < 4.78 is 5.39. The Hall–Kier alpha value is -2.64. The van der Waals surface area contributed by atoms with E-state index in [9.17, 15) is 14.7 Å². The lowest BCUT2D eigenvalue weighted by atomic mass is 10.1. The zero-order chi connectivity index (χ0) is 18.8. The number of nitrogens with two attached hydrogens (primary N) is 2. The van der Waals surface area contributed by atoms with Crippen LogP contribution in [0.4, 0.5) is 21.9 Å². The van der Waals surface area contributed by atoms with Crippen molar-refractivity contribution < 1.29 is 19.4 Å². The SMILES string of the molecule is CC(C)(C)OC(=O)N1CCN(c2ccc(N)cc2N)C(CC(=O)O)C1. The smallest absolute Gasteiger partial charge is 0.410 e. The summed E-state index contributed by atoms with van der Waals surface area (Å²) in [6.45, 7) is 6.53. The van der Waals surface area contributed by atoms with E-state index in [-0.39, 0.29) is 13.0 Å². The highest BCUT2D eigenvalue weighted by Gasteiger charge is 2.33. The molecule has 1 aromatic carbocycles. The summed E-state index contributed by atoms with van der Waals surface area (Å²) in [6, 6.07) is 4.75. The van der Waals surface area contributed by atoms with Gasteiger partial charge in [-0.15, -0.1) is 0 Å². The molecule has 1 fully saturated rings. The molecular weight excluding hydrogens is 324 g/mol. The lowest BCUT2D eigenvalue weighted by Gasteiger charge is -2.42. The first-order chi connectivity index (χ1) is 11.6. The predicted octanol–water partition coefficient (Wildman–Crippen LogP) is 1.75. The van der Waals surface area contributed by atoms with E-state index < -0.39 is 23.7 Å². The van der Waals surface area contributed by atoms with E-state index in [2.05, 4.69) is 0 Å². The van der Waals surface area contributed by atoms with Crippen LogP contribution in [0.5, 0.6) is 0 Å². The number of piperazine rings is 1.